The van der Waals surface area contributed by atoms with E-state index >= 15 is 0 Å². The van der Waals surface area contributed by atoms with Crippen molar-refractivity contribution in [1.82, 2.24) is 20.2 Å². The minimum atomic E-state index is 0.305. The molecule has 1 aromatic carbocycles. The molecule has 0 amide bonds. The standard InChI is InChI=1S/C10H11ClN4/c1-7-3-4-9(5-8(7)2)15-10(6-11)12-13-14-15/h3-5H,6H2,1-2H3. The predicted molar refractivity (Wildman–Crippen MR) is 58.2 cm³/mol. The summed E-state index contributed by atoms with van der Waals surface area (Å²) in [5.74, 6) is 0.958. The number of nitrogens with zero attached hydrogens (tertiary/aromatic N) is 4. The summed E-state index contributed by atoms with van der Waals surface area (Å²) in [6.07, 6.45) is 0. The fraction of sp³-hybridized carbons (Fsp3) is 0.300. The summed E-state index contributed by atoms with van der Waals surface area (Å²) >= 11 is 5.73. The number of hydrogen-bond acceptors (Lipinski definition) is 3. The lowest BCUT2D eigenvalue weighted by Crippen LogP contribution is -2.02. The number of alkyl halides is 1. The van der Waals surface area contributed by atoms with E-state index in [1.165, 1.54) is 11.1 Å². The van der Waals surface area contributed by atoms with Crippen LogP contribution in [0.1, 0.15) is 17.0 Å². The molecule has 0 aliphatic rings. The molecule has 0 bridgehead atoms. The Morgan fingerprint density at radius 2 is 2.07 bits per heavy atom. The molecule has 2 rings (SSSR count). The van der Waals surface area contributed by atoms with E-state index in [9.17, 15) is 0 Å². The van der Waals surface area contributed by atoms with Gasteiger partial charge in [-0.3, -0.25) is 0 Å². The quantitative estimate of drug-likeness (QED) is 0.731. The van der Waals surface area contributed by atoms with Gasteiger partial charge < -0.3 is 0 Å². The van der Waals surface area contributed by atoms with Gasteiger partial charge >= 0.3 is 0 Å². The van der Waals surface area contributed by atoms with E-state index < -0.39 is 0 Å². The molecule has 0 aliphatic heterocycles. The van der Waals surface area contributed by atoms with Gasteiger partial charge in [0.1, 0.15) is 0 Å². The second-order valence-corrected chi connectivity index (χ2v) is 3.68. The predicted octanol–water partition coefficient (Wildman–Crippen LogP) is 2.02. The molecular weight excluding hydrogens is 212 g/mol. The molecule has 0 saturated heterocycles. The molecule has 0 aliphatic carbocycles. The van der Waals surface area contributed by atoms with Gasteiger partial charge in [-0.2, -0.15) is 4.68 Å². The van der Waals surface area contributed by atoms with Gasteiger partial charge in [0.25, 0.3) is 0 Å². The number of benzene rings is 1. The zero-order valence-electron chi connectivity index (χ0n) is 8.61. The van der Waals surface area contributed by atoms with Gasteiger partial charge in [0.15, 0.2) is 5.82 Å². The van der Waals surface area contributed by atoms with E-state index in [2.05, 4.69) is 29.4 Å². The van der Waals surface area contributed by atoms with Gasteiger partial charge in [-0.15, -0.1) is 16.7 Å². The van der Waals surface area contributed by atoms with Crippen molar-refractivity contribution < 1.29 is 0 Å². The molecular formula is C10H11ClN4. The molecule has 15 heavy (non-hydrogen) atoms. The summed E-state index contributed by atoms with van der Waals surface area (Å²) in [5, 5.41) is 11.3. The van der Waals surface area contributed by atoms with E-state index in [0.29, 0.717) is 11.7 Å². The van der Waals surface area contributed by atoms with Gasteiger partial charge in [0, 0.05) is 0 Å². The lowest BCUT2D eigenvalue weighted by molar-refractivity contribution is 0.776. The lowest BCUT2D eigenvalue weighted by atomic mass is 10.1. The Kier molecular flexibility index (Phi) is 2.68. The SMILES string of the molecule is Cc1ccc(-n2nnnc2CCl)cc1C. The number of halogens is 1. The van der Waals surface area contributed by atoms with Crippen molar-refractivity contribution in [2.24, 2.45) is 0 Å². The fourth-order valence-corrected chi connectivity index (χ4v) is 1.51. The molecule has 0 fully saturated rings. The van der Waals surface area contributed by atoms with Gasteiger partial charge in [-0.25, -0.2) is 0 Å². The minimum absolute atomic E-state index is 0.305. The molecule has 4 nitrogen and oxygen atoms in total. The van der Waals surface area contributed by atoms with E-state index in [1.54, 1.807) is 4.68 Å². The van der Waals surface area contributed by atoms with Crippen molar-refractivity contribution in [1.29, 1.82) is 0 Å². The third-order valence-corrected chi connectivity index (χ3v) is 2.63. The number of hydrogen-bond donors (Lipinski definition) is 0. The van der Waals surface area contributed by atoms with Crippen LogP contribution in [0, 0.1) is 13.8 Å². The summed E-state index contributed by atoms with van der Waals surface area (Å²) in [7, 11) is 0. The van der Waals surface area contributed by atoms with Crippen LogP contribution < -0.4 is 0 Å². The van der Waals surface area contributed by atoms with Crippen LogP contribution in [0.4, 0.5) is 0 Å². The average Bonchev–Trinajstić information content (AvgIpc) is 2.70. The zero-order chi connectivity index (χ0) is 10.8. The Balaban J connectivity index is 2.50. The average molecular weight is 223 g/mol. The minimum Gasteiger partial charge on any atom is -0.196 e. The maximum absolute atomic E-state index is 5.73. The zero-order valence-corrected chi connectivity index (χ0v) is 9.36. The van der Waals surface area contributed by atoms with Gasteiger partial charge in [0.05, 0.1) is 11.6 Å². The molecule has 0 N–H and O–H groups in total. The van der Waals surface area contributed by atoms with Crippen molar-refractivity contribution >= 4 is 11.6 Å². The van der Waals surface area contributed by atoms with Crippen LogP contribution in [0.25, 0.3) is 5.69 Å². The van der Waals surface area contributed by atoms with E-state index in [0.717, 1.165) is 5.69 Å². The van der Waals surface area contributed by atoms with Crippen LogP contribution >= 0.6 is 11.6 Å². The van der Waals surface area contributed by atoms with Crippen molar-refractivity contribution in [2.75, 3.05) is 0 Å². The molecule has 0 spiro atoms. The molecule has 1 heterocycles. The summed E-state index contributed by atoms with van der Waals surface area (Å²) in [6, 6.07) is 6.07. The smallest absolute Gasteiger partial charge is 0.171 e. The van der Waals surface area contributed by atoms with Gasteiger partial charge in [-0.05, 0) is 47.5 Å². The maximum atomic E-state index is 5.73. The second kappa shape index (κ2) is 3.98. The number of tetrazole rings is 1. The van der Waals surface area contributed by atoms with Crippen molar-refractivity contribution in [3.05, 3.63) is 35.2 Å². The van der Waals surface area contributed by atoms with E-state index in [-0.39, 0.29) is 0 Å². The van der Waals surface area contributed by atoms with Crippen molar-refractivity contribution in [3.8, 4) is 5.69 Å². The summed E-state index contributed by atoms with van der Waals surface area (Å²) < 4.78 is 1.65. The first-order valence-corrected chi connectivity index (χ1v) is 5.16. The molecule has 78 valence electrons. The molecule has 2 aromatic rings. The van der Waals surface area contributed by atoms with Crippen LogP contribution in [0.2, 0.25) is 0 Å². The number of rotatable bonds is 2. The van der Waals surface area contributed by atoms with Gasteiger partial charge in [0.2, 0.25) is 0 Å². The van der Waals surface area contributed by atoms with Crippen LogP contribution in [0.3, 0.4) is 0 Å². The molecule has 0 unspecified atom stereocenters. The number of aryl methyl sites for hydroxylation is 2. The van der Waals surface area contributed by atoms with Crippen LogP contribution in [0.5, 0.6) is 0 Å². The highest BCUT2D eigenvalue weighted by Crippen LogP contribution is 2.14. The van der Waals surface area contributed by atoms with Crippen LogP contribution in [-0.4, -0.2) is 20.2 Å². The highest BCUT2D eigenvalue weighted by molar-refractivity contribution is 6.16. The fourth-order valence-electron chi connectivity index (χ4n) is 1.35. The van der Waals surface area contributed by atoms with Gasteiger partial charge in [-0.1, -0.05) is 6.07 Å². The van der Waals surface area contributed by atoms with Crippen LogP contribution in [-0.2, 0) is 5.88 Å². The molecule has 5 heteroatoms. The Bertz CT molecular complexity index is 478. The molecule has 1 aromatic heterocycles. The lowest BCUT2D eigenvalue weighted by Gasteiger charge is -2.05. The molecule has 0 atom stereocenters. The number of aromatic nitrogens is 4. The van der Waals surface area contributed by atoms with Crippen molar-refractivity contribution in [3.63, 3.8) is 0 Å². The summed E-state index contributed by atoms with van der Waals surface area (Å²) in [6.45, 7) is 4.13. The van der Waals surface area contributed by atoms with Crippen molar-refractivity contribution in [2.45, 2.75) is 19.7 Å². The second-order valence-electron chi connectivity index (χ2n) is 3.41. The highest BCUT2D eigenvalue weighted by Gasteiger charge is 2.07. The first kappa shape index (κ1) is 10.1. The Labute approximate surface area is 92.9 Å². The van der Waals surface area contributed by atoms with Crippen LogP contribution in [0.15, 0.2) is 18.2 Å². The third kappa shape index (κ3) is 1.85. The Morgan fingerprint density at radius 3 is 2.73 bits per heavy atom. The monoisotopic (exact) mass is 222 g/mol. The third-order valence-electron chi connectivity index (χ3n) is 2.39. The largest absolute Gasteiger partial charge is 0.196 e. The molecule has 0 saturated carbocycles. The Hall–Kier alpha value is -1.42. The Morgan fingerprint density at radius 1 is 1.27 bits per heavy atom. The molecule has 0 radical (unpaired) electrons. The maximum Gasteiger partial charge on any atom is 0.171 e. The first-order valence-electron chi connectivity index (χ1n) is 4.63. The topological polar surface area (TPSA) is 43.6 Å². The first-order chi connectivity index (χ1) is 7.22. The van der Waals surface area contributed by atoms with E-state index in [1.807, 2.05) is 18.2 Å². The highest BCUT2D eigenvalue weighted by atomic mass is 35.5. The normalized spacial score (nSPS) is 10.6. The summed E-state index contributed by atoms with van der Waals surface area (Å²) in [5.41, 5.74) is 3.40. The van der Waals surface area contributed by atoms with E-state index in [4.69, 9.17) is 11.6 Å². The summed E-state index contributed by atoms with van der Waals surface area (Å²) in [4.78, 5) is 0.